The summed E-state index contributed by atoms with van der Waals surface area (Å²) < 4.78 is 0. The topological polar surface area (TPSA) is 95.5 Å². The van der Waals surface area contributed by atoms with Gasteiger partial charge in [0, 0.05) is 10.5 Å². The number of anilines is 1. The number of benzene rings is 1. The molecule has 0 radical (unpaired) electrons. The van der Waals surface area contributed by atoms with Crippen LogP contribution < -0.4 is 10.6 Å². The van der Waals surface area contributed by atoms with Crippen molar-refractivity contribution in [2.24, 2.45) is 5.92 Å². The summed E-state index contributed by atoms with van der Waals surface area (Å²) in [6.45, 7) is 1.54. The van der Waals surface area contributed by atoms with E-state index < -0.39 is 17.4 Å². The van der Waals surface area contributed by atoms with Gasteiger partial charge in [-0.3, -0.25) is 9.59 Å². The van der Waals surface area contributed by atoms with Crippen molar-refractivity contribution >= 4 is 35.2 Å². The van der Waals surface area contributed by atoms with Crippen molar-refractivity contribution in [3.8, 4) is 0 Å². The van der Waals surface area contributed by atoms with Gasteiger partial charge < -0.3 is 15.7 Å². The van der Waals surface area contributed by atoms with Crippen LogP contribution >= 0.6 is 11.8 Å². The van der Waals surface area contributed by atoms with Crippen molar-refractivity contribution in [2.75, 3.05) is 11.1 Å². The zero-order chi connectivity index (χ0) is 15.9. The van der Waals surface area contributed by atoms with E-state index in [4.69, 9.17) is 0 Å². The van der Waals surface area contributed by atoms with Crippen LogP contribution in [0.3, 0.4) is 0 Å². The molecule has 1 aromatic rings. The number of thioether (sulfide) groups is 1. The fourth-order valence-corrected chi connectivity index (χ4v) is 3.31. The standard InChI is InChI=1S/C15H16N2O4S/c1-15(14(20)21,9-3-4-9)17-13(19)8-2-5-11-10(6-8)16-12(18)7-22-11/h2,5-6,9H,3-4,7H2,1H3,(H,16,18)(H,17,19)(H,20,21)/t15-/m1/s1. The molecule has 116 valence electrons. The third-order valence-electron chi connectivity index (χ3n) is 4.09. The summed E-state index contributed by atoms with van der Waals surface area (Å²) in [6, 6.07) is 5.00. The summed E-state index contributed by atoms with van der Waals surface area (Å²) >= 11 is 1.41. The molecule has 1 aliphatic heterocycles. The second kappa shape index (κ2) is 5.31. The van der Waals surface area contributed by atoms with Gasteiger partial charge in [-0.1, -0.05) is 0 Å². The molecule has 6 nitrogen and oxygen atoms in total. The predicted octanol–water partition coefficient (Wildman–Crippen LogP) is 1.71. The van der Waals surface area contributed by atoms with Crippen LogP contribution in [0.2, 0.25) is 0 Å². The maximum Gasteiger partial charge on any atom is 0.329 e. The Morgan fingerprint density at radius 3 is 2.77 bits per heavy atom. The highest BCUT2D eigenvalue weighted by Crippen LogP contribution is 2.40. The maximum atomic E-state index is 12.4. The van der Waals surface area contributed by atoms with Crippen LogP contribution in [0.25, 0.3) is 0 Å². The molecule has 0 bridgehead atoms. The Morgan fingerprint density at radius 1 is 1.41 bits per heavy atom. The minimum Gasteiger partial charge on any atom is -0.480 e. The van der Waals surface area contributed by atoms with Gasteiger partial charge >= 0.3 is 5.97 Å². The molecule has 0 unspecified atom stereocenters. The molecule has 3 N–H and O–H groups in total. The predicted molar refractivity (Wildman–Crippen MR) is 82.0 cm³/mol. The lowest BCUT2D eigenvalue weighted by molar-refractivity contribution is -0.144. The van der Waals surface area contributed by atoms with Crippen molar-refractivity contribution in [1.82, 2.24) is 5.32 Å². The SMILES string of the molecule is C[C@](NC(=O)c1ccc2c(c1)NC(=O)CS2)(C(=O)O)C1CC1. The van der Waals surface area contributed by atoms with E-state index in [0.717, 1.165) is 17.7 Å². The first kappa shape index (κ1) is 14.9. The lowest BCUT2D eigenvalue weighted by Crippen LogP contribution is -2.54. The number of carbonyl (C=O) groups excluding carboxylic acids is 2. The molecule has 7 heteroatoms. The fraction of sp³-hybridized carbons (Fsp3) is 0.400. The molecule has 22 heavy (non-hydrogen) atoms. The van der Waals surface area contributed by atoms with Crippen molar-refractivity contribution < 1.29 is 19.5 Å². The number of rotatable bonds is 4. The summed E-state index contributed by atoms with van der Waals surface area (Å²) in [7, 11) is 0. The van der Waals surface area contributed by atoms with Crippen molar-refractivity contribution in [2.45, 2.75) is 30.2 Å². The maximum absolute atomic E-state index is 12.4. The molecule has 1 atom stereocenters. The average Bonchev–Trinajstić information content (AvgIpc) is 3.31. The molecule has 1 fully saturated rings. The molecule has 0 spiro atoms. The van der Waals surface area contributed by atoms with Gasteiger partial charge in [-0.05, 0) is 43.9 Å². The highest BCUT2D eigenvalue weighted by molar-refractivity contribution is 8.00. The van der Waals surface area contributed by atoms with Gasteiger partial charge in [-0.15, -0.1) is 11.8 Å². The summed E-state index contributed by atoms with van der Waals surface area (Å²) in [5, 5.41) is 14.7. The van der Waals surface area contributed by atoms with Gasteiger partial charge in [0.2, 0.25) is 5.91 Å². The lowest BCUT2D eigenvalue weighted by atomic mass is 9.95. The van der Waals surface area contributed by atoms with Crippen LogP contribution in [-0.4, -0.2) is 34.2 Å². The molecule has 0 aromatic heterocycles. The van der Waals surface area contributed by atoms with Crippen LogP contribution in [0.15, 0.2) is 23.1 Å². The molecule has 2 aliphatic rings. The zero-order valence-corrected chi connectivity index (χ0v) is 12.8. The van der Waals surface area contributed by atoms with Gasteiger partial charge in [0.05, 0.1) is 11.4 Å². The number of aliphatic carboxylic acids is 1. The normalized spacial score (nSPS) is 19.6. The first-order chi connectivity index (χ1) is 10.4. The molecule has 1 saturated carbocycles. The van der Waals surface area contributed by atoms with E-state index in [1.165, 1.54) is 11.8 Å². The summed E-state index contributed by atoms with van der Waals surface area (Å²) in [4.78, 5) is 36.2. The first-order valence-electron chi connectivity index (χ1n) is 7.03. The van der Waals surface area contributed by atoms with Crippen LogP contribution in [-0.2, 0) is 9.59 Å². The van der Waals surface area contributed by atoms with Gasteiger partial charge in [-0.25, -0.2) is 4.79 Å². The van der Waals surface area contributed by atoms with Crippen LogP contribution in [0.1, 0.15) is 30.1 Å². The minimum atomic E-state index is -1.25. The minimum absolute atomic E-state index is 0.0261. The second-order valence-corrected chi connectivity index (χ2v) is 6.80. The van der Waals surface area contributed by atoms with Crippen molar-refractivity contribution in [3.63, 3.8) is 0 Å². The number of nitrogens with one attached hydrogen (secondary N) is 2. The Bertz CT molecular complexity index is 672. The van der Waals surface area contributed by atoms with Crippen molar-refractivity contribution in [1.29, 1.82) is 0 Å². The van der Waals surface area contributed by atoms with Crippen LogP contribution in [0, 0.1) is 5.92 Å². The number of hydrogen-bond donors (Lipinski definition) is 3. The third-order valence-corrected chi connectivity index (χ3v) is 5.16. The van der Waals surface area contributed by atoms with Gasteiger partial charge in [0.15, 0.2) is 0 Å². The Balaban J connectivity index is 1.82. The lowest BCUT2D eigenvalue weighted by Gasteiger charge is -2.26. The van der Waals surface area contributed by atoms with Crippen molar-refractivity contribution in [3.05, 3.63) is 23.8 Å². The smallest absolute Gasteiger partial charge is 0.329 e. The Labute approximate surface area is 131 Å². The monoisotopic (exact) mass is 320 g/mol. The van der Waals surface area contributed by atoms with Gasteiger partial charge in [-0.2, -0.15) is 0 Å². The molecule has 0 saturated heterocycles. The van der Waals surface area contributed by atoms with Gasteiger partial charge in [0.1, 0.15) is 5.54 Å². The van der Waals surface area contributed by atoms with E-state index >= 15 is 0 Å². The fourth-order valence-electron chi connectivity index (χ4n) is 2.52. The number of carboxylic acid groups (broad SMARTS) is 1. The summed E-state index contributed by atoms with van der Waals surface area (Å²) in [5.74, 6) is -1.24. The van der Waals surface area contributed by atoms with E-state index in [9.17, 15) is 19.5 Å². The molecule has 1 heterocycles. The number of carboxylic acids is 1. The quantitative estimate of drug-likeness (QED) is 0.785. The number of hydrogen-bond acceptors (Lipinski definition) is 4. The molecule has 1 aromatic carbocycles. The molecule has 1 aliphatic carbocycles. The highest BCUT2D eigenvalue weighted by atomic mass is 32.2. The Kier molecular flexibility index (Phi) is 3.60. The summed E-state index contributed by atoms with van der Waals surface area (Å²) in [5.41, 5.74) is -0.308. The average molecular weight is 320 g/mol. The van der Waals surface area contributed by atoms with Gasteiger partial charge in [0.25, 0.3) is 5.91 Å². The molecular weight excluding hydrogens is 304 g/mol. The van der Waals surface area contributed by atoms with E-state index in [0.29, 0.717) is 17.0 Å². The largest absolute Gasteiger partial charge is 0.480 e. The van der Waals surface area contributed by atoms with E-state index in [-0.39, 0.29) is 11.8 Å². The number of amides is 2. The van der Waals surface area contributed by atoms with E-state index in [1.807, 2.05) is 0 Å². The Morgan fingerprint density at radius 2 is 2.14 bits per heavy atom. The van der Waals surface area contributed by atoms with Crippen LogP contribution in [0.4, 0.5) is 5.69 Å². The third kappa shape index (κ3) is 2.68. The highest BCUT2D eigenvalue weighted by Gasteiger charge is 2.48. The zero-order valence-electron chi connectivity index (χ0n) is 12.0. The molecular formula is C15H16N2O4S. The molecule has 2 amide bonds. The van der Waals surface area contributed by atoms with Crippen LogP contribution in [0.5, 0.6) is 0 Å². The van der Waals surface area contributed by atoms with E-state index in [1.54, 1.807) is 25.1 Å². The number of fused-ring (bicyclic) bond motifs is 1. The second-order valence-electron chi connectivity index (χ2n) is 5.78. The first-order valence-corrected chi connectivity index (χ1v) is 8.01. The summed E-state index contributed by atoms with van der Waals surface area (Å²) in [6.07, 6.45) is 1.61. The number of carbonyl (C=O) groups is 3. The molecule has 3 rings (SSSR count). The Hall–Kier alpha value is -2.02. The van der Waals surface area contributed by atoms with E-state index in [2.05, 4.69) is 10.6 Å².